The number of hydrogen-bond donors (Lipinski definition) is 1. The maximum atomic E-state index is 12.3. The summed E-state index contributed by atoms with van der Waals surface area (Å²) in [4.78, 5) is 18.7. The van der Waals surface area contributed by atoms with Crippen molar-refractivity contribution in [3.8, 4) is 0 Å². The lowest BCUT2D eigenvalue weighted by Gasteiger charge is -2.18. The molecular weight excluding hydrogens is 380 g/mol. The molecule has 0 aliphatic heterocycles. The summed E-state index contributed by atoms with van der Waals surface area (Å²) in [6.07, 6.45) is 0.638. The van der Waals surface area contributed by atoms with E-state index in [-0.39, 0.29) is 18.5 Å². The summed E-state index contributed by atoms with van der Waals surface area (Å²) < 4.78 is 4.39. The van der Waals surface area contributed by atoms with Crippen LogP contribution in [0.1, 0.15) is 29.9 Å². The molecule has 0 bridgehead atoms. The van der Waals surface area contributed by atoms with E-state index in [9.17, 15) is 4.79 Å². The number of nitrogens with zero attached hydrogens (tertiary/aromatic N) is 3. The Morgan fingerprint density at radius 1 is 1.19 bits per heavy atom. The van der Waals surface area contributed by atoms with Crippen molar-refractivity contribution in [1.29, 1.82) is 0 Å². The highest BCUT2D eigenvalue weighted by molar-refractivity contribution is 7.09. The number of aromatic nitrogens is 2. The summed E-state index contributed by atoms with van der Waals surface area (Å²) in [7, 11) is 1.85. The van der Waals surface area contributed by atoms with Crippen LogP contribution in [0.2, 0.25) is 5.02 Å². The fraction of sp³-hybridized carbons (Fsp3) is 0.250. The molecule has 0 fully saturated rings. The van der Waals surface area contributed by atoms with E-state index in [2.05, 4.69) is 14.7 Å². The molecule has 1 aromatic heterocycles. The third kappa shape index (κ3) is 5.52. The van der Waals surface area contributed by atoms with Gasteiger partial charge in [-0.15, -0.1) is 0 Å². The summed E-state index contributed by atoms with van der Waals surface area (Å²) in [5, 5.41) is 4.45. The van der Waals surface area contributed by atoms with Gasteiger partial charge in [-0.1, -0.05) is 54.1 Å². The van der Waals surface area contributed by atoms with Crippen LogP contribution in [0.4, 0.5) is 5.13 Å². The minimum atomic E-state index is -0.0525. The van der Waals surface area contributed by atoms with Crippen LogP contribution in [0.25, 0.3) is 0 Å². The first-order valence-electron chi connectivity index (χ1n) is 8.64. The Morgan fingerprint density at radius 2 is 1.89 bits per heavy atom. The van der Waals surface area contributed by atoms with Gasteiger partial charge in [-0.25, -0.2) is 4.98 Å². The predicted molar refractivity (Wildman–Crippen MR) is 110 cm³/mol. The van der Waals surface area contributed by atoms with E-state index < -0.39 is 0 Å². The highest BCUT2D eigenvalue weighted by atomic mass is 35.5. The molecular formula is C20H21ClN4OS. The molecule has 3 rings (SSSR count). The van der Waals surface area contributed by atoms with Crippen molar-refractivity contribution in [1.82, 2.24) is 14.7 Å². The average molecular weight is 401 g/mol. The summed E-state index contributed by atoms with van der Waals surface area (Å²) in [5.41, 5.74) is 2.18. The van der Waals surface area contributed by atoms with Gasteiger partial charge in [0.1, 0.15) is 5.82 Å². The Balaban J connectivity index is 1.55. The Labute approximate surface area is 168 Å². The molecule has 1 amide bonds. The lowest BCUT2D eigenvalue weighted by molar-refractivity contribution is -0.120. The van der Waals surface area contributed by atoms with Gasteiger partial charge in [-0.05, 0) is 30.2 Å². The number of carbonyl (C=O) groups is 1. The summed E-state index contributed by atoms with van der Waals surface area (Å²) >= 11 is 7.21. The average Bonchev–Trinajstić information content (AvgIpc) is 3.13. The van der Waals surface area contributed by atoms with Gasteiger partial charge in [0.25, 0.3) is 0 Å². The van der Waals surface area contributed by atoms with Crippen molar-refractivity contribution in [2.75, 3.05) is 18.5 Å². The number of amides is 1. The first-order valence-corrected chi connectivity index (χ1v) is 9.79. The number of anilines is 1. The second-order valence-corrected chi connectivity index (χ2v) is 7.52. The van der Waals surface area contributed by atoms with Crippen LogP contribution in [-0.2, 0) is 11.2 Å². The number of rotatable bonds is 7. The fourth-order valence-corrected chi connectivity index (χ4v) is 3.42. The van der Waals surface area contributed by atoms with Crippen molar-refractivity contribution >= 4 is 34.2 Å². The van der Waals surface area contributed by atoms with Gasteiger partial charge < -0.3 is 10.2 Å². The molecule has 0 radical (unpaired) electrons. The molecule has 1 heterocycles. The van der Waals surface area contributed by atoms with Crippen LogP contribution in [-0.4, -0.2) is 28.9 Å². The summed E-state index contributed by atoms with van der Waals surface area (Å²) in [6.45, 7) is 2.20. The molecule has 0 unspecified atom stereocenters. The number of benzene rings is 2. The molecule has 0 saturated carbocycles. The molecule has 0 aliphatic carbocycles. The van der Waals surface area contributed by atoms with Crippen molar-refractivity contribution in [3.63, 3.8) is 0 Å². The van der Waals surface area contributed by atoms with Gasteiger partial charge in [0.05, 0.1) is 12.6 Å². The Bertz CT molecular complexity index is 883. The van der Waals surface area contributed by atoms with Gasteiger partial charge in [-0.2, -0.15) is 4.37 Å². The molecule has 7 heteroatoms. The SMILES string of the molecule is C[C@@H](NC(=O)CN(C)c1nc(Cc2ccc(Cl)cc2)ns1)c1ccccc1. The molecule has 27 heavy (non-hydrogen) atoms. The van der Waals surface area contributed by atoms with E-state index in [1.165, 1.54) is 11.5 Å². The topological polar surface area (TPSA) is 58.1 Å². The number of carbonyl (C=O) groups excluding carboxylic acids is 1. The zero-order chi connectivity index (χ0) is 19.2. The molecule has 0 saturated heterocycles. The maximum absolute atomic E-state index is 12.3. The van der Waals surface area contributed by atoms with Crippen LogP contribution >= 0.6 is 23.1 Å². The monoisotopic (exact) mass is 400 g/mol. The molecule has 1 atom stereocenters. The zero-order valence-corrected chi connectivity index (χ0v) is 16.8. The number of halogens is 1. The summed E-state index contributed by atoms with van der Waals surface area (Å²) in [6, 6.07) is 17.5. The second kappa shape index (κ2) is 8.97. The van der Waals surface area contributed by atoms with Gasteiger partial charge in [0, 0.05) is 30.0 Å². The van der Waals surface area contributed by atoms with Crippen LogP contribution in [0.3, 0.4) is 0 Å². The van der Waals surface area contributed by atoms with E-state index in [1.807, 2.05) is 73.5 Å². The first kappa shape index (κ1) is 19.3. The van der Waals surface area contributed by atoms with Crippen LogP contribution in [0.5, 0.6) is 0 Å². The second-order valence-electron chi connectivity index (χ2n) is 6.35. The van der Waals surface area contributed by atoms with Gasteiger partial charge in [0.15, 0.2) is 0 Å². The Hall–Kier alpha value is -2.44. The fourth-order valence-electron chi connectivity index (χ4n) is 2.65. The number of nitrogens with one attached hydrogen (secondary N) is 1. The van der Waals surface area contributed by atoms with Crippen LogP contribution < -0.4 is 10.2 Å². The van der Waals surface area contributed by atoms with E-state index in [4.69, 9.17) is 11.6 Å². The van der Waals surface area contributed by atoms with Crippen molar-refractivity contribution in [2.45, 2.75) is 19.4 Å². The third-order valence-electron chi connectivity index (χ3n) is 4.12. The number of hydrogen-bond acceptors (Lipinski definition) is 5. The smallest absolute Gasteiger partial charge is 0.240 e. The highest BCUT2D eigenvalue weighted by Gasteiger charge is 2.15. The van der Waals surface area contributed by atoms with Gasteiger partial charge >= 0.3 is 0 Å². The number of likely N-dealkylation sites (N-methyl/N-ethyl adjacent to an activating group) is 1. The molecule has 5 nitrogen and oxygen atoms in total. The largest absolute Gasteiger partial charge is 0.348 e. The predicted octanol–water partition coefficient (Wildman–Crippen LogP) is 4.10. The van der Waals surface area contributed by atoms with Crippen molar-refractivity contribution < 1.29 is 4.79 Å². The van der Waals surface area contributed by atoms with E-state index in [1.54, 1.807) is 0 Å². The Kier molecular flexibility index (Phi) is 6.42. The normalized spacial score (nSPS) is 11.8. The summed E-state index contributed by atoms with van der Waals surface area (Å²) in [5.74, 6) is 0.686. The lowest BCUT2D eigenvalue weighted by Crippen LogP contribution is -2.36. The Morgan fingerprint density at radius 3 is 2.59 bits per heavy atom. The first-order chi connectivity index (χ1) is 13.0. The van der Waals surface area contributed by atoms with E-state index in [0.717, 1.165) is 22.1 Å². The molecule has 1 N–H and O–H groups in total. The van der Waals surface area contributed by atoms with Gasteiger partial charge in [0.2, 0.25) is 11.0 Å². The molecule has 140 valence electrons. The minimum Gasteiger partial charge on any atom is -0.348 e. The van der Waals surface area contributed by atoms with Crippen molar-refractivity contribution in [3.05, 3.63) is 76.6 Å². The van der Waals surface area contributed by atoms with E-state index >= 15 is 0 Å². The molecule has 2 aromatic carbocycles. The highest BCUT2D eigenvalue weighted by Crippen LogP contribution is 2.19. The van der Waals surface area contributed by atoms with Crippen LogP contribution in [0.15, 0.2) is 54.6 Å². The van der Waals surface area contributed by atoms with Crippen molar-refractivity contribution in [2.24, 2.45) is 0 Å². The lowest BCUT2D eigenvalue weighted by atomic mass is 10.1. The quantitative estimate of drug-likeness (QED) is 0.648. The third-order valence-corrected chi connectivity index (χ3v) is 5.24. The maximum Gasteiger partial charge on any atom is 0.240 e. The molecule has 0 spiro atoms. The minimum absolute atomic E-state index is 0.0398. The van der Waals surface area contributed by atoms with E-state index in [0.29, 0.717) is 11.4 Å². The van der Waals surface area contributed by atoms with Crippen LogP contribution in [0, 0.1) is 0 Å². The van der Waals surface area contributed by atoms with Gasteiger partial charge in [-0.3, -0.25) is 4.79 Å². The zero-order valence-electron chi connectivity index (χ0n) is 15.2. The molecule has 3 aromatic rings. The standard InChI is InChI=1S/C20H21ClN4OS/c1-14(16-6-4-3-5-7-16)22-19(26)13-25(2)20-23-18(24-27-20)12-15-8-10-17(21)11-9-15/h3-11,14H,12-13H2,1-2H3,(H,22,26)/t14-/m1/s1. The molecule has 0 aliphatic rings.